The highest BCUT2D eigenvalue weighted by Gasteiger charge is 2.29. The molecule has 1 fully saturated rings. The first-order chi connectivity index (χ1) is 8.88. The van der Waals surface area contributed by atoms with Crippen LogP contribution in [0.15, 0.2) is 24.3 Å². The average Bonchev–Trinajstić information content (AvgIpc) is 2.41. The molecule has 2 aliphatic rings. The summed E-state index contributed by atoms with van der Waals surface area (Å²) in [6, 6.07) is 9.77. The van der Waals surface area contributed by atoms with E-state index < -0.39 is 0 Å². The van der Waals surface area contributed by atoms with E-state index >= 15 is 0 Å². The summed E-state index contributed by atoms with van der Waals surface area (Å²) >= 11 is 0. The quantitative estimate of drug-likeness (QED) is 0.875. The van der Waals surface area contributed by atoms with Gasteiger partial charge in [-0.3, -0.25) is 4.90 Å². The lowest BCUT2D eigenvalue weighted by atomic mass is 9.77. The second kappa shape index (κ2) is 5.41. The normalized spacial score (nSPS) is 23.8. The monoisotopic (exact) mass is 244 g/mol. The van der Waals surface area contributed by atoms with Gasteiger partial charge >= 0.3 is 0 Å². The maximum atomic E-state index is 3.46. The summed E-state index contributed by atoms with van der Waals surface area (Å²) in [5, 5.41) is 3.46. The molecule has 0 saturated carbocycles. The Morgan fingerprint density at radius 3 is 2.72 bits per heavy atom. The van der Waals surface area contributed by atoms with Gasteiger partial charge in [-0.1, -0.05) is 31.2 Å². The average molecular weight is 244 g/mol. The summed E-state index contributed by atoms with van der Waals surface area (Å²) < 4.78 is 0. The summed E-state index contributed by atoms with van der Waals surface area (Å²) in [5.74, 6) is 0.788. The molecule has 1 aromatic rings. The predicted octanol–water partition coefficient (Wildman–Crippen LogP) is 2.40. The van der Waals surface area contributed by atoms with Gasteiger partial charge in [-0.15, -0.1) is 0 Å². The zero-order valence-corrected chi connectivity index (χ0v) is 11.4. The number of fused-ring (bicyclic) bond motifs is 1. The van der Waals surface area contributed by atoms with Crippen LogP contribution in [0.1, 0.15) is 36.8 Å². The van der Waals surface area contributed by atoms with E-state index in [2.05, 4.69) is 41.4 Å². The second-order valence-corrected chi connectivity index (χ2v) is 5.67. The molecule has 0 radical (unpaired) electrons. The Labute approximate surface area is 110 Å². The number of piperidine rings is 1. The van der Waals surface area contributed by atoms with Gasteiger partial charge in [0.2, 0.25) is 0 Å². The lowest BCUT2D eigenvalue weighted by molar-refractivity contribution is 0.156. The number of nitrogens with zero attached hydrogens (tertiary/aromatic N) is 1. The minimum atomic E-state index is 0.788. The maximum absolute atomic E-state index is 3.46. The molecular formula is C16H24N2. The molecule has 1 unspecified atom stereocenters. The summed E-state index contributed by atoms with van der Waals surface area (Å²) in [5.41, 5.74) is 3.17. The van der Waals surface area contributed by atoms with Crippen molar-refractivity contribution in [3.8, 4) is 0 Å². The van der Waals surface area contributed by atoms with Gasteiger partial charge in [-0.05, 0) is 50.0 Å². The molecule has 1 aromatic carbocycles. The fourth-order valence-electron chi connectivity index (χ4n) is 3.52. The van der Waals surface area contributed by atoms with E-state index in [0.717, 1.165) is 12.0 Å². The molecular weight excluding hydrogens is 220 g/mol. The van der Waals surface area contributed by atoms with Gasteiger partial charge in [0.05, 0.1) is 0 Å². The van der Waals surface area contributed by atoms with E-state index in [0.29, 0.717) is 0 Å². The Balaban J connectivity index is 1.61. The predicted molar refractivity (Wildman–Crippen MR) is 76.0 cm³/mol. The molecule has 0 spiro atoms. The van der Waals surface area contributed by atoms with Gasteiger partial charge in [0.25, 0.3) is 0 Å². The topological polar surface area (TPSA) is 15.3 Å². The number of benzene rings is 1. The van der Waals surface area contributed by atoms with E-state index in [-0.39, 0.29) is 0 Å². The van der Waals surface area contributed by atoms with Crippen LogP contribution in [-0.2, 0) is 6.42 Å². The highest BCUT2D eigenvalue weighted by Crippen LogP contribution is 2.35. The number of hydrogen-bond donors (Lipinski definition) is 1. The fourth-order valence-corrected chi connectivity index (χ4v) is 3.52. The lowest BCUT2D eigenvalue weighted by Crippen LogP contribution is -2.45. The van der Waals surface area contributed by atoms with Gasteiger partial charge in [-0.25, -0.2) is 0 Å². The molecule has 0 aromatic heterocycles. The molecule has 2 nitrogen and oxygen atoms in total. The van der Waals surface area contributed by atoms with Crippen molar-refractivity contribution in [3.05, 3.63) is 35.4 Å². The number of rotatable bonds is 4. The Morgan fingerprint density at radius 1 is 1.22 bits per heavy atom. The van der Waals surface area contributed by atoms with Crippen LogP contribution in [0, 0.1) is 0 Å². The van der Waals surface area contributed by atoms with Crippen molar-refractivity contribution in [1.82, 2.24) is 10.2 Å². The molecule has 1 N–H and O–H groups in total. The largest absolute Gasteiger partial charge is 0.317 e. The van der Waals surface area contributed by atoms with Crippen LogP contribution in [0.3, 0.4) is 0 Å². The SMILES string of the molecule is CCN(CC1Cc2ccccc21)C1CCNCC1. The van der Waals surface area contributed by atoms with Crippen molar-refractivity contribution in [2.24, 2.45) is 0 Å². The Kier molecular flexibility index (Phi) is 3.67. The zero-order valence-electron chi connectivity index (χ0n) is 11.4. The van der Waals surface area contributed by atoms with E-state index in [4.69, 9.17) is 0 Å². The van der Waals surface area contributed by atoms with Crippen LogP contribution in [0.4, 0.5) is 0 Å². The molecule has 1 atom stereocenters. The van der Waals surface area contributed by atoms with E-state index in [1.165, 1.54) is 45.4 Å². The Morgan fingerprint density at radius 2 is 2.00 bits per heavy atom. The second-order valence-electron chi connectivity index (χ2n) is 5.67. The first kappa shape index (κ1) is 12.2. The number of nitrogens with one attached hydrogen (secondary N) is 1. The third kappa shape index (κ3) is 2.32. The molecule has 98 valence electrons. The highest BCUT2D eigenvalue weighted by atomic mass is 15.2. The van der Waals surface area contributed by atoms with Gasteiger partial charge < -0.3 is 5.32 Å². The Bertz CT molecular complexity index is 396. The zero-order chi connectivity index (χ0) is 12.4. The number of likely N-dealkylation sites (N-methyl/N-ethyl adjacent to an activating group) is 1. The third-order valence-electron chi connectivity index (χ3n) is 4.65. The minimum absolute atomic E-state index is 0.788. The summed E-state index contributed by atoms with van der Waals surface area (Å²) in [6.07, 6.45) is 3.93. The van der Waals surface area contributed by atoms with E-state index in [1.807, 2.05) is 0 Å². The Hall–Kier alpha value is -0.860. The van der Waals surface area contributed by atoms with Gasteiger partial charge in [-0.2, -0.15) is 0 Å². The van der Waals surface area contributed by atoms with Crippen LogP contribution < -0.4 is 5.32 Å². The summed E-state index contributed by atoms with van der Waals surface area (Å²) in [6.45, 7) is 7.17. The van der Waals surface area contributed by atoms with Gasteiger partial charge in [0.15, 0.2) is 0 Å². The van der Waals surface area contributed by atoms with Crippen molar-refractivity contribution < 1.29 is 0 Å². The van der Waals surface area contributed by atoms with Crippen LogP contribution in [0.2, 0.25) is 0 Å². The van der Waals surface area contributed by atoms with Crippen LogP contribution in [-0.4, -0.2) is 37.1 Å². The minimum Gasteiger partial charge on any atom is -0.317 e. The molecule has 1 aliphatic carbocycles. The first-order valence-electron chi connectivity index (χ1n) is 7.41. The van der Waals surface area contributed by atoms with Crippen LogP contribution in [0.25, 0.3) is 0 Å². The molecule has 0 amide bonds. The molecule has 1 saturated heterocycles. The summed E-state index contributed by atoms with van der Waals surface area (Å²) in [4.78, 5) is 2.71. The van der Waals surface area contributed by atoms with Crippen molar-refractivity contribution in [2.75, 3.05) is 26.2 Å². The van der Waals surface area contributed by atoms with Crippen molar-refractivity contribution >= 4 is 0 Å². The van der Waals surface area contributed by atoms with Gasteiger partial charge in [0, 0.05) is 18.5 Å². The van der Waals surface area contributed by atoms with Crippen molar-refractivity contribution in [3.63, 3.8) is 0 Å². The lowest BCUT2D eigenvalue weighted by Gasteiger charge is -2.39. The van der Waals surface area contributed by atoms with Crippen molar-refractivity contribution in [1.29, 1.82) is 0 Å². The molecule has 1 aliphatic heterocycles. The van der Waals surface area contributed by atoms with Crippen LogP contribution >= 0.6 is 0 Å². The van der Waals surface area contributed by atoms with E-state index in [9.17, 15) is 0 Å². The molecule has 0 bridgehead atoms. The van der Waals surface area contributed by atoms with Crippen LogP contribution in [0.5, 0.6) is 0 Å². The maximum Gasteiger partial charge on any atom is 0.0119 e. The fraction of sp³-hybridized carbons (Fsp3) is 0.625. The smallest absolute Gasteiger partial charge is 0.0119 e. The molecule has 3 rings (SSSR count). The summed E-state index contributed by atoms with van der Waals surface area (Å²) in [7, 11) is 0. The highest BCUT2D eigenvalue weighted by molar-refractivity contribution is 5.40. The van der Waals surface area contributed by atoms with Crippen molar-refractivity contribution in [2.45, 2.75) is 38.1 Å². The molecule has 1 heterocycles. The first-order valence-corrected chi connectivity index (χ1v) is 7.41. The molecule has 2 heteroatoms. The number of hydrogen-bond acceptors (Lipinski definition) is 2. The standard InChI is InChI=1S/C16H24N2/c1-2-18(15-7-9-17-10-8-15)12-14-11-13-5-3-4-6-16(13)14/h3-6,14-15,17H,2,7-12H2,1H3. The van der Waals surface area contributed by atoms with E-state index in [1.54, 1.807) is 11.1 Å². The van der Waals surface area contributed by atoms with Gasteiger partial charge in [0.1, 0.15) is 0 Å². The molecule has 18 heavy (non-hydrogen) atoms. The third-order valence-corrected chi connectivity index (χ3v) is 4.65.